The first-order chi connectivity index (χ1) is 9.75. The van der Waals surface area contributed by atoms with E-state index in [4.69, 9.17) is 22.1 Å². The Bertz CT molecular complexity index is 629. The fraction of sp³-hybridized carbons (Fsp3) is 0.538. The zero-order valence-corrected chi connectivity index (χ0v) is 13.4. The molecule has 1 aliphatic heterocycles. The summed E-state index contributed by atoms with van der Waals surface area (Å²) in [5, 5.41) is -0.139. The van der Waals surface area contributed by atoms with Crippen molar-refractivity contribution in [3.05, 3.63) is 28.5 Å². The normalized spacial score (nSPS) is 24.2. The highest BCUT2D eigenvalue weighted by Gasteiger charge is 2.33. The van der Waals surface area contributed by atoms with Crippen LogP contribution in [0.2, 0.25) is 5.02 Å². The first-order valence-electron chi connectivity index (χ1n) is 6.59. The lowest BCUT2D eigenvalue weighted by Gasteiger charge is -2.34. The maximum Gasteiger partial charge on any atom is 0.243 e. The summed E-state index contributed by atoms with van der Waals surface area (Å²) in [5.74, 6) is -0.785. The van der Waals surface area contributed by atoms with Crippen LogP contribution in [0, 0.1) is 5.82 Å². The molecular weight excluding hydrogens is 319 g/mol. The molecule has 1 aromatic carbocycles. The van der Waals surface area contributed by atoms with Gasteiger partial charge in [0.15, 0.2) is 0 Å². The van der Waals surface area contributed by atoms with Gasteiger partial charge in [-0.05, 0) is 31.5 Å². The molecule has 1 heterocycles. The number of rotatable bonds is 3. The summed E-state index contributed by atoms with van der Waals surface area (Å²) in [4.78, 5) is -0.133. The Morgan fingerprint density at radius 2 is 1.95 bits per heavy atom. The first kappa shape index (κ1) is 16.6. The molecule has 0 saturated carbocycles. The first-order valence-corrected chi connectivity index (χ1v) is 8.41. The number of nitrogens with zero attached hydrogens (tertiary/aromatic N) is 1. The van der Waals surface area contributed by atoms with Crippen molar-refractivity contribution >= 4 is 21.6 Å². The summed E-state index contributed by atoms with van der Waals surface area (Å²) in [6, 6.07) is 2.26. The van der Waals surface area contributed by atoms with Crippen LogP contribution in [0.5, 0.6) is 0 Å². The summed E-state index contributed by atoms with van der Waals surface area (Å²) in [5.41, 5.74) is 5.74. The Balaban J connectivity index is 2.42. The Morgan fingerprint density at radius 1 is 1.38 bits per heavy atom. The van der Waals surface area contributed by atoms with Crippen LogP contribution in [0.4, 0.5) is 4.39 Å². The molecule has 0 spiro atoms. The van der Waals surface area contributed by atoms with Gasteiger partial charge < -0.3 is 10.5 Å². The summed E-state index contributed by atoms with van der Waals surface area (Å²) in [6.45, 7) is 4.02. The minimum absolute atomic E-state index is 0.0327. The molecule has 1 saturated heterocycles. The fourth-order valence-corrected chi connectivity index (χ4v) is 4.23. The third-order valence-electron chi connectivity index (χ3n) is 3.32. The summed E-state index contributed by atoms with van der Waals surface area (Å²) < 4.78 is 45.9. The van der Waals surface area contributed by atoms with E-state index in [1.165, 1.54) is 10.4 Å². The maximum atomic E-state index is 13.8. The van der Waals surface area contributed by atoms with Crippen molar-refractivity contribution in [2.24, 2.45) is 5.73 Å². The van der Waals surface area contributed by atoms with Gasteiger partial charge in [0.2, 0.25) is 10.0 Å². The van der Waals surface area contributed by atoms with Crippen LogP contribution in [-0.4, -0.2) is 38.0 Å². The lowest BCUT2D eigenvalue weighted by molar-refractivity contribution is -0.0440. The third-order valence-corrected chi connectivity index (χ3v) is 5.55. The molecule has 0 radical (unpaired) electrons. The molecule has 2 N–H and O–H groups in total. The number of morpholine rings is 1. The fourth-order valence-electron chi connectivity index (χ4n) is 2.39. The molecule has 1 aromatic rings. The van der Waals surface area contributed by atoms with Gasteiger partial charge in [-0.3, -0.25) is 0 Å². The van der Waals surface area contributed by atoms with Crippen molar-refractivity contribution in [2.75, 3.05) is 13.1 Å². The minimum atomic E-state index is -3.80. The van der Waals surface area contributed by atoms with Crippen LogP contribution >= 0.6 is 11.6 Å². The molecular formula is C13H18ClFN2O3S. The number of sulfonamides is 1. The van der Waals surface area contributed by atoms with Gasteiger partial charge in [-0.25, -0.2) is 12.8 Å². The van der Waals surface area contributed by atoms with Crippen LogP contribution in [0.1, 0.15) is 19.4 Å². The van der Waals surface area contributed by atoms with Gasteiger partial charge in [0, 0.05) is 19.6 Å². The Morgan fingerprint density at radius 3 is 2.48 bits per heavy atom. The van der Waals surface area contributed by atoms with Gasteiger partial charge in [0.1, 0.15) is 5.82 Å². The van der Waals surface area contributed by atoms with E-state index < -0.39 is 15.8 Å². The highest BCUT2D eigenvalue weighted by Crippen LogP contribution is 2.27. The SMILES string of the molecule is C[C@@H]1CN(S(=O)(=O)c2cc(F)c(Cl)c(CN)c2)C[C@H](C)O1. The quantitative estimate of drug-likeness (QED) is 0.912. The minimum Gasteiger partial charge on any atom is -0.373 e. The van der Waals surface area contributed by atoms with Crippen molar-refractivity contribution in [1.82, 2.24) is 4.31 Å². The molecule has 1 aliphatic rings. The molecule has 1 fully saturated rings. The molecule has 0 aliphatic carbocycles. The van der Waals surface area contributed by atoms with E-state index in [1.54, 1.807) is 13.8 Å². The highest BCUT2D eigenvalue weighted by atomic mass is 35.5. The van der Waals surface area contributed by atoms with Gasteiger partial charge >= 0.3 is 0 Å². The largest absolute Gasteiger partial charge is 0.373 e. The number of nitrogens with two attached hydrogens (primary N) is 1. The molecule has 0 bridgehead atoms. The Kier molecular flexibility index (Phi) is 4.89. The second-order valence-electron chi connectivity index (χ2n) is 5.16. The molecule has 2 atom stereocenters. The van der Waals surface area contributed by atoms with E-state index in [0.717, 1.165) is 6.07 Å². The topological polar surface area (TPSA) is 72.6 Å². The van der Waals surface area contributed by atoms with Crippen LogP contribution < -0.4 is 5.73 Å². The number of benzene rings is 1. The van der Waals surface area contributed by atoms with E-state index in [-0.39, 0.29) is 47.3 Å². The number of hydrogen-bond acceptors (Lipinski definition) is 4. The Labute approximate surface area is 128 Å². The van der Waals surface area contributed by atoms with Gasteiger partial charge in [-0.1, -0.05) is 11.6 Å². The predicted molar refractivity (Wildman–Crippen MR) is 78.1 cm³/mol. The molecule has 0 amide bonds. The summed E-state index contributed by atoms with van der Waals surface area (Å²) >= 11 is 5.76. The number of ether oxygens (including phenoxy) is 1. The van der Waals surface area contributed by atoms with Crippen molar-refractivity contribution in [3.63, 3.8) is 0 Å². The molecule has 0 unspecified atom stereocenters. The van der Waals surface area contributed by atoms with Gasteiger partial charge in [-0.2, -0.15) is 4.31 Å². The molecule has 8 heteroatoms. The monoisotopic (exact) mass is 336 g/mol. The van der Waals surface area contributed by atoms with Crippen molar-refractivity contribution < 1.29 is 17.5 Å². The van der Waals surface area contributed by atoms with Crippen molar-refractivity contribution in [2.45, 2.75) is 37.5 Å². The third kappa shape index (κ3) is 3.37. The second-order valence-corrected chi connectivity index (χ2v) is 7.48. The molecule has 21 heavy (non-hydrogen) atoms. The van der Waals surface area contributed by atoms with E-state index >= 15 is 0 Å². The zero-order valence-electron chi connectivity index (χ0n) is 11.8. The van der Waals surface area contributed by atoms with Gasteiger partial charge in [0.05, 0.1) is 22.1 Å². The van der Waals surface area contributed by atoms with Gasteiger partial charge in [-0.15, -0.1) is 0 Å². The zero-order chi connectivity index (χ0) is 15.8. The maximum absolute atomic E-state index is 13.8. The van der Waals surface area contributed by atoms with E-state index in [9.17, 15) is 12.8 Å². The van der Waals surface area contributed by atoms with Crippen LogP contribution in [0.15, 0.2) is 17.0 Å². The summed E-state index contributed by atoms with van der Waals surface area (Å²) in [7, 11) is -3.80. The second kappa shape index (κ2) is 6.18. The van der Waals surface area contributed by atoms with E-state index in [0.29, 0.717) is 0 Å². The lowest BCUT2D eigenvalue weighted by Crippen LogP contribution is -2.48. The molecule has 2 rings (SSSR count). The van der Waals surface area contributed by atoms with Crippen LogP contribution in [0.3, 0.4) is 0 Å². The number of halogens is 2. The standard InChI is InChI=1S/C13H18ClFN2O3S/c1-8-6-17(7-9(2)20-8)21(18,19)11-3-10(5-16)13(14)12(15)4-11/h3-4,8-9H,5-7,16H2,1-2H3/t8-,9+. The van der Waals surface area contributed by atoms with Crippen molar-refractivity contribution in [1.29, 1.82) is 0 Å². The summed E-state index contributed by atoms with van der Waals surface area (Å²) in [6.07, 6.45) is -0.427. The van der Waals surface area contributed by atoms with Crippen LogP contribution in [-0.2, 0) is 21.3 Å². The average Bonchev–Trinajstić information content (AvgIpc) is 2.40. The molecule has 0 aromatic heterocycles. The molecule has 118 valence electrons. The Hall–Kier alpha value is -0.730. The van der Waals surface area contributed by atoms with Crippen LogP contribution in [0.25, 0.3) is 0 Å². The van der Waals surface area contributed by atoms with E-state index in [1.807, 2.05) is 0 Å². The smallest absolute Gasteiger partial charge is 0.243 e. The van der Waals surface area contributed by atoms with Crippen molar-refractivity contribution in [3.8, 4) is 0 Å². The molecule has 5 nitrogen and oxygen atoms in total. The lowest BCUT2D eigenvalue weighted by atomic mass is 10.2. The predicted octanol–water partition coefficient (Wildman–Crippen LogP) is 1.74. The van der Waals surface area contributed by atoms with Gasteiger partial charge in [0.25, 0.3) is 0 Å². The van der Waals surface area contributed by atoms with E-state index in [2.05, 4.69) is 0 Å². The highest BCUT2D eigenvalue weighted by molar-refractivity contribution is 7.89. The average molecular weight is 337 g/mol. The number of hydrogen-bond donors (Lipinski definition) is 1.